The maximum absolute atomic E-state index is 12.1. The van der Waals surface area contributed by atoms with Gasteiger partial charge in [0, 0.05) is 6.54 Å². The Bertz CT molecular complexity index is 384. The first-order chi connectivity index (χ1) is 7.63. The van der Waals surface area contributed by atoms with Crippen molar-refractivity contribution < 1.29 is 13.2 Å². The molecule has 0 aromatic heterocycles. The Labute approximate surface area is 103 Å². The van der Waals surface area contributed by atoms with E-state index in [1.54, 1.807) is 0 Å². The number of nitrogens with zero attached hydrogens (tertiary/aromatic N) is 1. The summed E-state index contributed by atoms with van der Waals surface area (Å²) in [4.78, 5) is 11.2. The summed E-state index contributed by atoms with van der Waals surface area (Å²) in [5.41, 5.74) is 5.19. The molecule has 0 aliphatic carbocycles. The fourth-order valence-corrected chi connectivity index (χ4v) is 4.02. The summed E-state index contributed by atoms with van der Waals surface area (Å²) >= 11 is 0. The van der Waals surface area contributed by atoms with Gasteiger partial charge in [0.15, 0.2) is 0 Å². The normalized spacial score (nSPS) is 22.9. The Hall–Kier alpha value is -0.620. The van der Waals surface area contributed by atoms with Gasteiger partial charge in [-0.05, 0) is 24.7 Å². The molecule has 0 unspecified atom stereocenters. The van der Waals surface area contributed by atoms with E-state index in [9.17, 15) is 13.2 Å². The lowest BCUT2D eigenvalue weighted by atomic mass is 9.94. The second-order valence-corrected chi connectivity index (χ2v) is 7.84. The number of carbonyl (C=O) groups is 1. The Kier molecular flexibility index (Phi) is 4.19. The molecule has 0 radical (unpaired) electrons. The number of carbonyl (C=O) groups excluding carboxylic acids is 1. The minimum atomic E-state index is -3.35. The molecule has 2 N–H and O–H groups in total. The Morgan fingerprint density at radius 1 is 1.41 bits per heavy atom. The first kappa shape index (κ1) is 14.4. The van der Waals surface area contributed by atoms with Gasteiger partial charge in [0.1, 0.15) is 6.04 Å². The maximum Gasteiger partial charge on any atom is 0.235 e. The summed E-state index contributed by atoms with van der Waals surface area (Å²) in [5, 5.41) is 0. The van der Waals surface area contributed by atoms with Crippen LogP contribution in [0.5, 0.6) is 0 Å². The summed E-state index contributed by atoms with van der Waals surface area (Å²) < 4.78 is 25.5. The van der Waals surface area contributed by atoms with Crippen molar-refractivity contribution in [3.05, 3.63) is 0 Å². The van der Waals surface area contributed by atoms with E-state index in [1.165, 1.54) is 4.31 Å². The second kappa shape index (κ2) is 4.94. The van der Waals surface area contributed by atoms with Gasteiger partial charge in [-0.2, -0.15) is 4.31 Å². The fourth-order valence-electron chi connectivity index (χ4n) is 1.91. The number of amides is 1. The van der Waals surface area contributed by atoms with Crippen molar-refractivity contribution in [3.8, 4) is 0 Å². The molecule has 1 fully saturated rings. The van der Waals surface area contributed by atoms with Gasteiger partial charge in [-0.3, -0.25) is 4.79 Å². The first-order valence-corrected chi connectivity index (χ1v) is 7.53. The van der Waals surface area contributed by atoms with Crippen LogP contribution in [-0.4, -0.2) is 37.0 Å². The molecule has 1 heterocycles. The number of rotatable bonds is 4. The molecule has 1 saturated heterocycles. The summed E-state index contributed by atoms with van der Waals surface area (Å²) in [6.45, 7) is 6.41. The third kappa shape index (κ3) is 3.96. The van der Waals surface area contributed by atoms with Crippen molar-refractivity contribution in [1.82, 2.24) is 4.31 Å². The molecule has 0 bridgehead atoms. The van der Waals surface area contributed by atoms with Crippen LogP contribution in [0.25, 0.3) is 0 Å². The number of nitrogens with two attached hydrogens (primary N) is 1. The van der Waals surface area contributed by atoms with Gasteiger partial charge in [0.05, 0.1) is 5.75 Å². The van der Waals surface area contributed by atoms with Crippen LogP contribution in [-0.2, 0) is 14.8 Å². The number of hydrogen-bond acceptors (Lipinski definition) is 3. The lowest BCUT2D eigenvalue weighted by Crippen LogP contribution is -2.44. The van der Waals surface area contributed by atoms with Crippen LogP contribution >= 0.6 is 0 Å². The zero-order valence-electron chi connectivity index (χ0n) is 10.8. The minimum absolute atomic E-state index is 0.0327. The molecular weight excluding hydrogens is 240 g/mol. The highest BCUT2D eigenvalue weighted by molar-refractivity contribution is 7.89. The Morgan fingerprint density at radius 3 is 2.47 bits per heavy atom. The topological polar surface area (TPSA) is 80.5 Å². The lowest BCUT2D eigenvalue weighted by Gasteiger charge is -2.24. The molecule has 17 heavy (non-hydrogen) atoms. The molecule has 0 aromatic carbocycles. The zero-order valence-corrected chi connectivity index (χ0v) is 11.6. The SMILES string of the molecule is CC(C)(C)CCS(=O)(=O)N1CCC[C@H]1C(N)=O. The van der Waals surface area contributed by atoms with Gasteiger partial charge in [0.2, 0.25) is 15.9 Å². The summed E-state index contributed by atoms with van der Waals surface area (Å²) in [6, 6.07) is -0.639. The molecule has 1 aliphatic heterocycles. The van der Waals surface area contributed by atoms with Gasteiger partial charge >= 0.3 is 0 Å². The van der Waals surface area contributed by atoms with Crippen LogP contribution in [0.2, 0.25) is 0 Å². The predicted molar refractivity (Wildman–Crippen MR) is 66.8 cm³/mol. The average molecular weight is 262 g/mol. The van der Waals surface area contributed by atoms with Gasteiger partial charge in [-0.1, -0.05) is 20.8 Å². The molecule has 1 rings (SSSR count). The van der Waals surface area contributed by atoms with E-state index in [0.717, 1.165) is 0 Å². The third-order valence-electron chi connectivity index (χ3n) is 3.00. The highest BCUT2D eigenvalue weighted by Crippen LogP contribution is 2.25. The molecule has 6 heteroatoms. The van der Waals surface area contributed by atoms with Crippen molar-refractivity contribution in [2.24, 2.45) is 11.1 Å². The molecule has 100 valence electrons. The maximum atomic E-state index is 12.1. The van der Waals surface area contributed by atoms with Crippen LogP contribution in [0.1, 0.15) is 40.0 Å². The average Bonchev–Trinajstić information content (AvgIpc) is 2.62. The molecule has 0 spiro atoms. The first-order valence-electron chi connectivity index (χ1n) is 5.92. The van der Waals surface area contributed by atoms with Crippen LogP contribution in [0.15, 0.2) is 0 Å². The predicted octanol–water partition coefficient (Wildman–Crippen LogP) is 0.702. The van der Waals surface area contributed by atoms with Crippen LogP contribution in [0, 0.1) is 5.41 Å². The molecule has 1 amide bonds. The fraction of sp³-hybridized carbons (Fsp3) is 0.909. The third-order valence-corrected chi connectivity index (χ3v) is 4.87. The minimum Gasteiger partial charge on any atom is -0.368 e. The van der Waals surface area contributed by atoms with E-state index in [4.69, 9.17) is 5.73 Å². The van der Waals surface area contributed by atoms with Crippen molar-refractivity contribution in [2.75, 3.05) is 12.3 Å². The quantitative estimate of drug-likeness (QED) is 0.810. The van der Waals surface area contributed by atoms with Gasteiger partial charge in [-0.25, -0.2) is 8.42 Å². The van der Waals surface area contributed by atoms with Crippen molar-refractivity contribution in [3.63, 3.8) is 0 Å². The van der Waals surface area contributed by atoms with E-state index in [-0.39, 0.29) is 11.2 Å². The van der Waals surface area contributed by atoms with Gasteiger partial charge in [0.25, 0.3) is 0 Å². The summed E-state index contributed by atoms with van der Waals surface area (Å²) in [5.74, 6) is -0.456. The summed E-state index contributed by atoms with van der Waals surface area (Å²) in [6.07, 6.45) is 1.84. The van der Waals surface area contributed by atoms with Gasteiger partial charge < -0.3 is 5.73 Å². The van der Waals surface area contributed by atoms with Crippen molar-refractivity contribution in [2.45, 2.75) is 46.1 Å². The zero-order chi connectivity index (χ0) is 13.3. The molecular formula is C11H22N2O3S. The van der Waals surface area contributed by atoms with Crippen molar-refractivity contribution in [1.29, 1.82) is 0 Å². The monoisotopic (exact) mass is 262 g/mol. The molecule has 1 atom stereocenters. The van der Waals surface area contributed by atoms with E-state index >= 15 is 0 Å². The summed E-state index contributed by atoms with van der Waals surface area (Å²) in [7, 11) is -3.35. The van der Waals surface area contributed by atoms with Crippen LogP contribution in [0.4, 0.5) is 0 Å². The molecule has 0 saturated carbocycles. The standard InChI is InChI=1S/C11H22N2O3S/c1-11(2,3)6-8-17(15,16)13-7-4-5-9(13)10(12)14/h9H,4-8H2,1-3H3,(H2,12,14)/t9-/m0/s1. The number of primary amides is 1. The molecule has 5 nitrogen and oxygen atoms in total. The number of hydrogen-bond donors (Lipinski definition) is 1. The van der Waals surface area contributed by atoms with E-state index in [0.29, 0.717) is 25.8 Å². The highest BCUT2D eigenvalue weighted by Gasteiger charge is 2.37. The van der Waals surface area contributed by atoms with Crippen molar-refractivity contribution >= 4 is 15.9 Å². The molecule has 0 aromatic rings. The van der Waals surface area contributed by atoms with E-state index in [1.807, 2.05) is 20.8 Å². The second-order valence-electron chi connectivity index (χ2n) is 5.80. The highest BCUT2D eigenvalue weighted by atomic mass is 32.2. The largest absolute Gasteiger partial charge is 0.368 e. The Morgan fingerprint density at radius 2 is 2.00 bits per heavy atom. The van der Waals surface area contributed by atoms with Crippen LogP contribution in [0.3, 0.4) is 0 Å². The van der Waals surface area contributed by atoms with E-state index < -0.39 is 22.0 Å². The van der Waals surface area contributed by atoms with Crippen LogP contribution < -0.4 is 5.73 Å². The number of sulfonamides is 1. The Balaban J connectivity index is 2.73. The smallest absolute Gasteiger partial charge is 0.235 e. The molecule has 1 aliphatic rings. The van der Waals surface area contributed by atoms with E-state index in [2.05, 4.69) is 0 Å². The lowest BCUT2D eigenvalue weighted by molar-refractivity contribution is -0.121. The van der Waals surface area contributed by atoms with Gasteiger partial charge in [-0.15, -0.1) is 0 Å².